The highest BCUT2D eigenvalue weighted by molar-refractivity contribution is 5.87. The van der Waals surface area contributed by atoms with Crippen molar-refractivity contribution in [3.8, 4) is 11.1 Å². The third-order valence-electron chi connectivity index (χ3n) is 17.0. The first kappa shape index (κ1) is 34.7. The predicted molar refractivity (Wildman–Crippen MR) is 239 cm³/mol. The second-order valence-electron chi connectivity index (χ2n) is 19.4. The highest BCUT2D eigenvalue weighted by Crippen LogP contribution is 2.76. The lowest BCUT2D eigenvalue weighted by atomic mass is 9.57. The Balaban J connectivity index is 0.842. The molecule has 3 fully saturated rings. The van der Waals surface area contributed by atoms with Crippen molar-refractivity contribution in [1.29, 1.82) is 0 Å². The van der Waals surface area contributed by atoms with E-state index >= 15 is 0 Å². The van der Waals surface area contributed by atoms with E-state index in [1.54, 1.807) is 45.5 Å². The number of benzene rings is 6. The van der Waals surface area contributed by atoms with E-state index in [2.05, 4.69) is 125 Å². The number of rotatable bonds is 5. The van der Waals surface area contributed by atoms with E-state index in [1.807, 2.05) is 12.1 Å². The molecule has 6 aromatic carbocycles. The predicted octanol–water partition coefficient (Wildman–Crippen LogP) is 14.4. The van der Waals surface area contributed by atoms with Crippen LogP contribution in [0.25, 0.3) is 11.1 Å². The van der Waals surface area contributed by atoms with Gasteiger partial charge in [0.15, 0.2) is 0 Å². The van der Waals surface area contributed by atoms with E-state index < -0.39 is 0 Å². The van der Waals surface area contributed by atoms with Gasteiger partial charge in [-0.1, -0.05) is 97.8 Å². The van der Waals surface area contributed by atoms with Gasteiger partial charge in [-0.3, -0.25) is 0 Å². The van der Waals surface area contributed by atoms with Crippen LogP contribution < -0.4 is 9.80 Å². The van der Waals surface area contributed by atoms with Crippen LogP contribution >= 0.6 is 0 Å². The smallest absolute Gasteiger partial charge is 0.123 e. The first-order valence-electron chi connectivity index (χ1n) is 23.0. The van der Waals surface area contributed by atoms with Gasteiger partial charge in [-0.25, -0.2) is 4.39 Å². The summed E-state index contributed by atoms with van der Waals surface area (Å²) in [5.41, 5.74) is 18.3. The molecule has 1 heterocycles. The van der Waals surface area contributed by atoms with Crippen molar-refractivity contribution in [2.24, 2.45) is 11.8 Å². The van der Waals surface area contributed by atoms with E-state index in [0.717, 1.165) is 36.8 Å². The van der Waals surface area contributed by atoms with Crippen molar-refractivity contribution in [3.63, 3.8) is 0 Å². The Labute approximate surface area is 349 Å². The zero-order chi connectivity index (χ0) is 38.8. The summed E-state index contributed by atoms with van der Waals surface area (Å²) in [6.07, 6.45) is 13.9. The molecule has 0 aromatic heterocycles. The van der Waals surface area contributed by atoms with Gasteiger partial charge in [-0.2, -0.15) is 0 Å². The molecule has 6 aliphatic carbocycles. The minimum absolute atomic E-state index is 0.182. The van der Waals surface area contributed by atoms with Gasteiger partial charge in [0.2, 0.25) is 0 Å². The van der Waals surface area contributed by atoms with Crippen LogP contribution in [0.3, 0.4) is 0 Å². The fourth-order valence-electron chi connectivity index (χ4n) is 15.0. The fraction of sp³-hybridized carbons (Fsp3) is 0.357. The molecule has 1 spiro atoms. The Hall–Kier alpha value is -5.15. The van der Waals surface area contributed by atoms with Gasteiger partial charge in [-0.05, 0) is 192 Å². The SMILES string of the molecule is Fc1ccc(N2c3ccccc3C3CCC(N(c4ccccc4)c4ccc(C5CCC6c7cccc8c7C7(c9c-8cccc9C8CCCCC87)C6C5)cc4)CC2C3)cc1. The molecule has 0 amide bonds. The van der Waals surface area contributed by atoms with Crippen molar-refractivity contribution in [2.75, 3.05) is 9.80 Å². The van der Waals surface area contributed by atoms with Gasteiger partial charge >= 0.3 is 0 Å². The topological polar surface area (TPSA) is 6.48 Å². The van der Waals surface area contributed by atoms with Crippen LogP contribution in [0.4, 0.5) is 27.1 Å². The summed E-state index contributed by atoms with van der Waals surface area (Å²) in [5.74, 6) is 3.80. The van der Waals surface area contributed by atoms with Crippen molar-refractivity contribution < 1.29 is 4.39 Å². The quantitative estimate of drug-likeness (QED) is 0.172. The maximum Gasteiger partial charge on any atom is 0.123 e. The van der Waals surface area contributed by atoms with Crippen LogP contribution in [0.15, 0.2) is 140 Å². The molecule has 59 heavy (non-hydrogen) atoms. The molecule has 7 aliphatic rings. The lowest BCUT2D eigenvalue weighted by molar-refractivity contribution is 0.136. The van der Waals surface area contributed by atoms with Crippen LogP contribution in [-0.2, 0) is 5.41 Å². The molecule has 9 unspecified atom stereocenters. The molecule has 1 aliphatic heterocycles. The van der Waals surface area contributed by atoms with E-state index in [9.17, 15) is 4.39 Å². The minimum Gasteiger partial charge on any atom is -0.338 e. The Morgan fingerprint density at radius 3 is 1.95 bits per heavy atom. The molecule has 6 aromatic rings. The normalized spacial score (nSPS) is 30.4. The van der Waals surface area contributed by atoms with Crippen LogP contribution in [0, 0.1) is 17.7 Å². The zero-order valence-corrected chi connectivity index (χ0v) is 33.9. The van der Waals surface area contributed by atoms with Crippen LogP contribution in [0.2, 0.25) is 0 Å². The Kier molecular flexibility index (Phi) is 7.75. The molecule has 2 bridgehead atoms. The number of anilines is 4. The van der Waals surface area contributed by atoms with E-state index in [-0.39, 0.29) is 11.2 Å². The minimum atomic E-state index is -0.182. The van der Waals surface area contributed by atoms with Gasteiger partial charge in [0.1, 0.15) is 5.82 Å². The van der Waals surface area contributed by atoms with Crippen LogP contribution in [-0.4, -0.2) is 12.1 Å². The number of para-hydroxylation sites is 2. The maximum absolute atomic E-state index is 14.2. The summed E-state index contributed by atoms with van der Waals surface area (Å²) in [6, 6.07) is 52.7. The maximum atomic E-state index is 14.2. The Morgan fingerprint density at radius 2 is 1.17 bits per heavy atom. The monoisotopic (exact) mass is 772 g/mol. The molecule has 13 rings (SSSR count). The highest BCUT2D eigenvalue weighted by atomic mass is 19.1. The van der Waals surface area contributed by atoms with Gasteiger partial charge in [0.25, 0.3) is 0 Å². The van der Waals surface area contributed by atoms with Gasteiger partial charge in [-0.15, -0.1) is 0 Å². The fourth-order valence-corrected chi connectivity index (χ4v) is 15.0. The summed E-state index contributed by atoms with van der Waals surface area (Å²) >= 11 is 0. The summed E-state index contributed by atoms with van der Waals surface area (Å²) in [7, 11) is 0. The lowest BCUT2D eigenvalue weighted by Gasteiger charge is -2.46. The summed E-state index contributed by atoms with van der Waals surface area (Å²) in [5, 5.41) is 0. The standard InChI is InChI=1S/C56H53FN2/c57-38-24-29-41(30-25-38)59-43-32-37(44-12-5-7-19-53(44)59)22-28-42(34-43)58(39-10-2-1-3-11-39)40-26-20-35(21-27-40)36-23-31-46-48-15-9-17-50-49-16-8-14-47-45-13-4-6-18-51(45)56(54(47)49,55(48)50)52(46)33-36/h1-3,5,7-12,14-17,19-21,24-27,29-30,36-37,42-43,45-46,51-52H,4,6,13,18,22-23,28,31-34H2. The molecule has 0 radical (unpaired) electrons. The second-order valence-corrected chi connectivity index (χ2v) is 19.4. The summed E-state index contributed by atoms with van der Waals surface area (Å²) in [6.45, 7) is 0. The largest absolute Gasteiger partial charge is 0.338 e. The first-order chi connectivity index (χ1) is 29.2. The second kappa shape index (κ2) is 13.2. The van der Waals surface area contributed by atoms with Crippen molar-refractivity contribution >= 4 is 22.7 Å². The number of hydrogen-bond acceptors (Lipinski definition) is 2. The third kappa shape index (κ3) is 4.91. The molecule has 2 nitrogen and oxygen atoms in total. The highest BCUT2D eigenvalue weighted by Gasteiger charge is 2.67. The van der Waals surface area contributed by atoms with Crippen molar-refractivity contribution in [2.45, 2.75) is 112 Å². The summed E-state index contributed by atoms with van der Waals surface area (Å²) < 4.78 is 14.2. The molecule has 294 valence electrons. The third-order valence-corrected chi connectivity index (χ3v) is 17.0. The van der Waals surface area contributed by atoms with E-state index in [1.165, 1.54) is 79.6 Å². The molecule has 3 heteroatoms. The number of hydrogen-bond donors (Lipinski definition) is 0. The molecule has 9 atom stereocenters. The molecule has 0 saturated heterocycles. The van der Waals surface area contributed by atoms with Crippen molar-refractivity contribution in [1.82, 2.24) is 0 Å². The number of nitrogens with zero attached hydrogens (tertiary/aromatic N) is 2. The van der Waals surface area contributed by atoms with Crippen molar-refractivity contribution in [3.05, 3.63) is 179 Å². The molecular weight excluding hydrogens is 720 g/mol. The molecule has 0 N–H and O–H groups in total. The van der Waals surface area contributed by atoms with E-state index in [4.69, 9.17) is 0 Å². The lowest BCUT2D eigenvalue weighted by Crippen LogP contribution is -2.41. The Bertz CT molecular complexity index is 2560. The molecule has 3 saturated carbocycles. The van der Waals surface area contributed by atoms with E-state index in [0.29, 0.717) is 35.8 Å². The first-order valence-corrected chi connectivity index (χ1v) is 23.0. The van der Waals surface area contributed by atoms with Crippen LogP contribution in [0.1, 0.15) is 128 Å². The van der Waals surface area contributed by atoms with Gasteiger partial charge < -0.3 is 9.80 Å². The average molecular weight is 773 g/mol. The van der Waals surface area contributed by atoms with Gasteiger partial charge in [0, 0.05) is 40.2 Å². The summed E-state index contributed by atoms with van der Waals surface area (Å²) in [4.78, 5) is 5.20. The Morgan fingerprint density at radius 1 is 0.508 bits per heavy atom. The average Bonchev–Trinajstić information content (AvgIpc) is 3.83. The number of halogens is 1. The molecular formula is C56H53FN2. The van der Waals surface area contributed by atoms with Crippen LogP contribution in [0.5, 0.6) is 0 Å². The van der Waals surface area contributed by atoms with Gasteiger partial charge in [0.05, 0.1) is 0 Å². The zero-order valence-electron chi connectivity index (χ0n) is 33.9. The number of fused-ring (bicyclic) bond motifs is 9.